The minimum Gasteiger partial charge on any atom is -0.381 e. The van der Waals surface area contributed by atoms with Crippen LogP contribution in [0, 0.1) is 17.0 Å². The molecule has 0 unspecified atom stereocenters. The lowest BCUT2D eigenvalue weighted by molar-refractivity contribution is 0.0943. The summed E-state index contributed by atoms with van der Waals surface area (Å²) in [6.07, 6.45) is 4.39. The van der Waals surface area contributed by atoms with Gasteiger partial charge < -0.3 is 10.6 Å². The van der Waals surface area contributed by atoms with E-state index in [1.165, 1.54) is 0 Å². The lowest BCUT2D eigenvalue weighted by Crippen LogP contribution is -2.30. The number of benzene rings is 1. The first kappa shape index (κ1) is 15.7. The van der Waals surface area contributed by atoms with E-state index in [0.29, 0.717) is 13.1 Å². The van der Waals surface area contributed by atoms with Crippen LogP contribution in [0.3, 0.4) is 0 Å². The Morgan fingerprint density at radius 2 is 1.86 bits per heavy atom. The van der Waals surface area contributed by atoms with Crippen LogP contribution in [0.25, 0.3) is 0 Å². The Labute approximate surface area is 124 Å². The van der Waals surface area contributed by atoms with Crippen LogP contribution in [0.5, 0.6) is 0 Å². The van der Waals surface area contributed by atoms with Gasteiger partial charge in [-0.1, -0.05) is 13.3 Å². The van der Waals surface area contributed by atoms with Gasteiger partial charge >= 0.3 is 0 Å². The van der Waals surface area contributed by atoms with E-state index in [1.807, 2.05) is 0 Å². The van der Waals surface area contributed by atoms with Crippen LogP contribution in [0.2, 0.25) is 0 Å². The fraction of sp³-hybridized carbons (Fsp3) is 0.562. The Hall–Kier alpha value is -1.65. The van der Waals surface area contributed by atoms with E-state index in [0.717, 1.165) is 37.8 Å². The van der Waals surface area contributed by atoms with Gasteiger partial charge in [0.15, 0.2) is 0 Å². The van der Waals surface area contributed by atoms with Gasteiger partial charge in [-0.25, -0.2) is 8.78 Å². The highest BCUT2D eigenvalue weighted by Gasteiger charge is 2.41. The molecule has 21 heavy (non-hydrogen) atoms. The molecule has 1 amide bonds. The van der Waals surface area contributed by atoms with E-state index in [-0.39, 0.29) is 16.7 Å². The Morgan fingerprint density at radius 1 is 1.24 bits per heavy atom. The Balaban J connectivity index is 2.03. The van der Waals surface area contributed by atoms with Crippen molar-refractivity contribution in [2.45, 2.75) is 39.5 Å². The summed E-state index contributed by atoms with van der Waals surface area (Å²) in [7, 11) is 0. The number of carbonyl (C=O) groups excluding carboxylic acids is 1. The molecule has 0 heterocycles. The first-order chi connectivity index (χ1) is 10.0. The summed E-state index contributed by atoms with van der Waals surface area (Å²) in [4.78, 5) is 12.0. The molecule has 0 bridgehead atoms. The summed E-state index contributed by atoms with van der Waals surface area (Å²) in [5.74, 6) is -1.90. The first-order valence-corrected chi connectivity index (χ1v) is 7.52. The predicted octanol–water partition coefficient (Wildman–Crippen LogP) is 3.71. The molecule has 1 fully saturated rings. The number of hydrogen-bond donors (Lipinski definition) is 2. The largest absolute Gasteiger partial charge is 0.381 e. The smallest absolute Gasteiger partial charge is 0.251 e. The van der Waals surface area contributed by atoms with Crippen LogP contribution in [0.1, 0.15) is 49.9 Å². The van der Waals surface area contributed by atoms with Gasteiger partial charge in [-0.15, -0.1) is 0 Å². The first-order valence-electron chi connectivity index (χ1n) is 7.52. The molecule has 1 aromatic rings. The molecule has 116 valence electrons. The minimum absolute atomic E-state index is 0.0268. The number of amides is 1. The highest BCUT2D eigenvalue weighted by molar-refractivity contribution is 5.94. The minimum atomic E-state index is -0.739. The fourth-order valence-corrected chi connectivity index (χ4v) is 2.64. The van der Waals surface area contributed by atoms with Crippen LogP contribution in [0.4, 0.5) is 14.5 Å². The second-order valence-corrected chi connectivity index (χ2v) is 5.78. The summed E-state index contributed by atoms with van der Waals surface area (Å²) >= 11 is 0. The molecule has 2 N–H and O–H groups in total. The predicted molar refractivity (Wildman–Crippen MR) is 79.4 cm³/mol. The molecule has 0 aromatic heterocycles. The molecule has 0 saturated heterocycles. The van der Waals surface area contributed by atoms with Gasteiger partial charge in [-0.2, -0.15) is 0 Å². The molecule has 0 radical (unpaired) electrons. The van der Waals surface area contributed by atoms with Crippen molar-refractivity contribution in [3.05, 3.63) is 29.3 Å². The van der Waals surface area contributed by atoms with Crippen molar-refractivity contribution in [1.29, 1.82) is 0 Å². The van der Waals surface area contributed by atoms with Crippen LogP contribution in [0.15, 0.2) is 12.1 Å². The lowest BCUT2D eigenvalue weighted by Gasteiger charge is -2.15. The van der Waals surface area contributed by atoms with Gasteiger partial charge in [0.25, 0.3) is 5.91 Å². The maximum Gasteiger partial charge on any atom is 0.251 e. The van der Waals surface area contributed by atoms with Gasteiger partial charge in [0, 0.05) is 18.7 Å². The molecule has 2 rings (SSSR count). The molecular weight excluding hydrogens is 274 g/mol. The van der Waals surface area contributed by atoms with E-state index in [4.69, 9.17) is 0 Å². The molecule has 1 aromatic carbocycles. The maximum atomic E-state index is 13.8. The standard InChI is InChI=1S/C16H22F2N2O/c1-3-5-16(6-7-16)10-20-15(21)11-8-12(17)14(19-4-2)13(18)9-11/h8-9,19H,3-7,10H2,1-2H3,(H,20,21). The summed E-state index contributed by atoms with van der Waals surface area (Å²) in [6, 6.07) is 2.16. The third-order valence-corrected chi connectivity index (χ3v) is 4.02. The summed E-state index contributed by atoms with van der Waals surface area (Å²) in [6.45, 7) is 4.87. The van der Waals surface area contributed by atoms with E-state index >= 15 is 0 Å². The third kappa shape index (κ3) is 3.71. The molecule has 0 spiro atoms. The van der Waals surface area contributed by atoms with E-state index < -0.39 is 17.5 Å². The number of carbonyl (C=O) groups is 1. The molecule has 5 heteroatoms. The normalized spacial score (nSPS) is 15.6. The number of halogens is 2. The van der Waals surface area contributed by atoms with Crippen molar-refractivity contribution in [3.63, 3.8) is 0 Å². The highest BCUT2D eigenvalue weighted by Crippen LogP contribution is 2.48. The van der Waals surface area contributed by atoms with Gasteiger partial charge in [-0.05, 0) is 43.7 Å². The van der Waals surface area contributed by atoms with Gasteiger partial charge in [-0.3, -0.25) is 4.79 Å². The van der Waals surface area contributed by atoms with Gasteiger partial charge in [0.05, 0.1) is 0 Å². The molecule has 1 saturated carbocycles. The van der Waals surface area contributed by atoms with Crippen molar-refractivity contribution >= 4 is 11.6 Å². The van der Waals surface area contributed by atoms with Crippen molar-refractivity contribution in [1.82, 2.24) is 5.32 Å². The van der Waals surface area contributed by atoms with Crippen molar-refractivity contribution in [2.75, 3.05) is 18.4 Å². The maximum absolute atomic E-state index is 13.8. The number of rotatable bonds is 7. The SMILES string of the molecule is CCCC1(CNC(=O)c2cc(F)c(NCC)c(F)c2)CC1. The summed E-state index contributed by atoms with van der Waals surface area (Å²) in [5, 5.41) is 5.41. The molecule has 1 aliphatic rings. The topological polar surface area (TPSA) is 41.1 Å². The van der Waals surface area contributed by atoms with Gasteiger partial charge in [0.2, 0.25) is 0 Å². The van der Waals surface area contributed by atoms with Crippen LogP contribution >= 0.6 is 0 Å². The molecule has 0 atom stereocenters. The monoisotopic (exact) mass is 296 g/mol. The average Bonchev–Trinajstić information content (AvgIpc) is 3.20. The van der Waals surface area contributed by atoms with Crippen LogP contribution < -0.4 is 10.6 Å². The summed E-state index contributed by atoms with van der Waals surface area (Å²) in [5.41, 5.74) is 0.0585. The molecule has 0 aliphatic heterocycles. The van der Waals surface area contributed by atoms with Gasteiger partial charge in [0.1, 0.15) is 17.3 Å². The quantitative estimate of drug-likeness (QED) is 0.805. The third-order valence-electron chi connectivity index (χ3n) is 4.02. The Bertz CT molecular complexity index is 504. The zero-order chi connectivity index (χ0) is 15.5. The van der Waals surface area contributed by atoms with Crippen LogP contribution in [-0.4, -0.2) is 19.0 Å². The summed E-state index contributed by atoms with van der Waals surface area (Å²) < 4.78 is 27.6. The zero-order valence-electron chi connectivity index (χ0n) is 12.6. The Morgan fingerprint density at radius 3 is 2.33 bits per heavy atom. The zero-order valence-corrected chi connectivity index (χ0v) is 12.6. The fourth-order valence-electron chi connectivity index (χ4n) is 2.64. The Kier molecular flexibility index (Phi) is 4.80. The number of hydrogen-bond acceptors (Lipinski definition) is 2. The van der Waals surface area contributed by atoms with Crippen LogP contribution in [-0.2, 0) is 0 Å². The second-order valence-electron chi connectivity index (χ2n) is 5.78. The molecular formula is C16H22F2N2O. The molecule has 3 nitrogen and oxygen atoms in total. The molecule has 1 aliphatic carbocycles. The van der Waals surface area contributed by atoms with E-state index in [2.05, 4.69) is 17.6 Å². The van der Waals surface area contributed by atoms with Crippen molar-refractivity contribution in [3.8, 4) is 0 Å². The average molecular weight is 296 g/mol. The van der Waals surface area contributed by atoms with Crippen molar-refractivity contribution < 1.29 is 13.6 Å². The van der Waals surface area contributed by atoms with E-state index in [1.54, 1.807) is 6.92 Å². The highest BCUT2D eigenvalue weighted by atomic mass is 19.1. The lowest BCUT2D eigenvalue weighted by atomic mass is 10.0. The van der Waals surface area contributed by atoms with Crippen molar-refractivity contribution in [2.24, 2.45) is 5.41 Å². The number of anilines is 1. The second kappa shape index (κ2) is 6.41. The number of nitrogens with one attached hydrogen (secondary N) is 2. The van der Waals surface area contributed by atoms with E-state index in [9.17, 15) is 13.6 Å².